The van der Waals surface area contributed by atoms with Gasteiger partial charge in [0, 0.05) is 19.6 Å². The van der Waals surface area contributed by atoms with Gasteiger partial charge in [0.2, 0.25) is 0 Å². The summed E-state index contributed by atoms with van der Waals surface area (Å²) in [5.74, 6) is 0.954. The van der Waals surface area contributed by atoms with Gasteiger partial charge in [-0.25, -0.2) is 9.67 Å². The molecule has 17 heavy (non-hydrogen) atoms. The average Bonchev–Trinajstić information content (AvgIpc) is 2.78. The predicted octanol–water partition coefficient (Wildman–Crippen LogP) is -0.111. The van der Waals surface area contributed by atoms with E-state index >= 15 is 0 Å². The van der Waals surface area contributed by atoms with E-state index in [1.54, 1.807) is 6.33 Å². The summed E-state index contributed by atoms with van der Waals surface area (Å²) in [6.45, 7) is 5.59. The van der Waals surface area contributed by atoms with Crippen molar-refractivity contribution in [3.63, 3.8) is 0 Å². The molecule has 0 saturated carbocycles. The van der Waals surface area contributed by atoms with Crippen LogP contribution in [0.4, 0.5) is 0 Å². The monoisotopic (exact) mass is 239 g/mol. The number of hydrogen-bond acceptors (Lipinski definition) is 5. The van der Waals surface area contributed by atoms with Crippen LogP contribution in [0.1, 0.15) is 18.8 Å². The number of ether oxygens (including phenoxy) is 1. The molecule has 0 amide bonds. The van der Waals surface area contributed by atoms with Gasteiger partial charge in [0.05, 0.1) is 18.8 Å². The van der Waals surface area contributed by atoms with Crippen LogP contribution in [0.25, 0.3) is 0 Å². The molecule has 1 saturated heterocycles. The lowest BCUT2D eigenvalue weighted by molar-refractivity contribution is -0.0401. The second-order valence-corrected chi connectivity index (χ2v) is 4.37. The average molecular weight is 239 g/mol. The van der Waals surface area contributed by atoms with E-state index in [1.807, 2.05) is 11.7 Å². The zero-order chi connectivity index (χ0) is 12.3. The lowest BCUT2D eigenvalue weighted by Crippen LogP contribution is -2.46. The van der Waals surface area contributed by atoms with Gasteiger partial charge in [-0.1, -0.05) is 0 Å². The van der Waals surface area contributed by atoms with Gasteiger partial charge in [-0.05, 0) is 21.0 Å². The van der Waals surface area contributed by atoms with Gasteiger partial charge in [0.15, 0.2) is 0 Å². The highest BCUT2D eigenvalue weighted by atomic mass is 16.5. The SMILES string of the molecule is CCn1ncnc1C(NC)C1CN(C)CCO1. The molecule has 0 bridgehead atoms. The van der Waals surface area contributed by atoms with E-state index in [1.165, 1.54) is 0 Å². The first-order chi connectivity index (χ1) is 8.26. The molecule has 2 heterocycles. The maximum atomic E-state index is 5.84. The fraction of sp³-hybridized carbons (Fsp3) is 0.818. The summed E-state index contributed by atoms with van der Waals surface area (Å²) in [7, 11) is 4.06. The molecule has 96 valence electrons. The van der Waals surface area contributed by atoms with Crippen molar-refractivity contribution in [3.8, 4) is 0 Å². The number of morpholine rings is 1. The molecule has 0 spiro atoms. The lowest BCUT2D eigenvalue weighted by Gasteiger charge is -2.34. The number of nitrogens with zero attached hydrogens (tertiary/aromatic N) is 4. The van der Waals surface area contributed by atoms with Crippen molar-refractivity contribution >= 4 is 0 Å². The maximum absolute atomic E-state index is 5.84. The van der Waals surface area contributed by atoms with E-state index < -0.39 is 0 Å². The van der Waals surface area contributed by atoms with Crippen molar-refractivity contribution < 1.29 is 4.74 Å². The highest BCUT2D eigenvalue weighted by molar-refractivity contribution is 4.99. The van der Waals surface area contributed by atoms with Crippen LogP contribution < -0.4 is 5.32 Å². The largest absolute Gasteiger partial charge is 0.373 e. The number of aryl methyl sites for hydroxylation is 1. The molecule has 1 aliphatic heterocycles. The Hall–Kier alpha value is -0.980. The van der Waals surface area contributed by atoms with Crippen LogP contribution in [-0.2, 0) is 11.3 Å². The normalized spacial score (nSPS) is 23.8. The Bertz CT molecular complexity index is 353. The topological polar surface area (TPSA) is 55.2 Å². The Morgan fingerprint density at radius 2 is 2.47 bits per heavy atom. The molecule has 1 aromatic rings. The van der Waals surface area contributed by atoms with Crippen LogP contribution in [0.3, 0.4) is 0 Å². The molecule has 1 fully saturated rings. The van der Waals surface area contributed by atoms with Gasteiger partial charge in [-0.15, -0.1) is 0 Å². The molecule has 6 nitrogen and oxygen atoms in total. The minimum atomic E-state index is 0.0974. The van der Waals surface area contributed by atoms with Gasteiger partial charge >= 0.3 is 0 Å². The van der Waals surface area contributed by atoms with Gasteiger partial charge in [0.25, 0.3) is 0 Å². The summed E-state index contributed by atoms with van der Waals surface area (Å²) >= 11 is 0. The highest BCUT2D eigenvalue weighted by Gasteiger charge is 2.29. The summed E-state index contributed by atoms with van der Waals surface area (Å²) in [6.07, 6.45) is 1.74. The summed E-state index contributed by atoms with van der Waals surface area (Å²) in [5, 5.41) is 7.51. The van der Waals surface area contributed by atoms with Crippen LogP contribution in [0, 0.1) is 0 Å². The van der Waals surface area contributed by atoms with Crippen molar-refractivity contribution in [2.75, 3.05) is 33.8 Å². The first kappa shape index (κ1) is 12.5. The van der Waals surface area contributed by atoms with E-state index in [-0.39, 0.29) is 12.1 Å². The van der Waals surface area contributed by atoms with E-state index in [0.717, 1.165) is 32.1 Å². The van der Waals surface area contributed by atoms with Gasteiger partial charge in [-0.2, -0.15) is 5.10 Å². The molecule has 1 N–H and O–H groups in total. The smallest absolute Gasteiger partial charge is 0.146 e. The quantitative estimate of drug-likeness (QED) is 0.794. The van der Waals surface area contributed by atoms with Gasteiger partial charge < -0.3 is 15.0 Å². The van der Waals surface area contributed by atoms with Gasteiger partial charge in [0.1, 0.15) is 12.2 Å². The Morgan fingerprint density at radius 1 is 1.65 bits per heavy atom. The molecular formula is C11H21N5O. The van der Waals surface area contributed by atoms with Crippen LogP contribution in [0.2, 0.25) is 0 Å². The molecule has 1 aliphatic rings. The standard InChI is InChI=1S/C11H21N5O/c1-4-16-11(13-8-14-16)10(12-2)9-7-15(3)5-6-17-9/h8-10,12H,4-7H2,1-3H3. The van der Waals surface area contributed by atoms with Crippen molar-refractivity contribution in [2.45, 2.75) is 25.6 Å². The second-order valence-electron chi connectivity index (χ2n) is 4.37. The molecule has 0 radical (unpaired) electrons. The number of nitrogens with one attached hydrogen (secondary N) is 1. The summed E-state index contributed by atoms with van der Waals surface area (Å²) in [6, 6.07) is 0.0974. The van der Waals surface area contributed by atoms with Crippen molar-refractivity contribution in [2.24, 2.45) is 0 Å². The Morgan fingerprint density at radius 3 is 3.12 bits per heavy atom. The van der Waals surface area contributed by atoms with Crippen molar-refractivity contribution in [1.29, 1.82) is 0 Å². The molecule has 2 atom stereocenters. The Kier molecular flexibility index (Phi) is 4.09. The second kappa shape index (κ2) is 5.57. The molecule has 0 aliphatic carbocycles. The third kappa shape index (κ3) is 2.65. The Balaban J connectivity index is 2.15. The molecule has 2 rings (SSSR count). The minimum absolute atomic E-state index is 0.0974. The molecular weight excluding hydrogens is 218 g/mol. The fourth-order valence-corrected chi connectivity index (χ4v) is 2.25. The zero-order valence-electron chi connectivity index (χ0n) is 10.8. The van der Waals surface area contributed by atoms with E-state index in [4.69, 9.17) is 4.74 Å². The maximum Gasteiger partial charge on any atom is 0.146 e. The summed E-state index contributed by atoms with van der Waals surface area (Å²) in [5.41, 5.74) is 0. The van der Waals surface area contributed by atoms with Crippen LogP contribution in [-0.4, -0.2) is 59.6 Å². The van der Waals surface area contributed by atoms with Crippen molar-refractivity contribution in [1.82, 2.24) is 25.0 Å². The third-order valence-corrected chi connectivity index (χ3v) is 3.20. The minimum Gasteiger partial charge on any atom is -0.373 e. The predicted molar refractivity (Wildman–Crippen MR) is 64.7 cm³/mol. The molecule has 6 heteroatoms. The third-order valence-electron chi connectivity index (χ3n) is 3.20. The van der Waals surface area contributed by atoms with Gasteiger partial charge in [-0.3, -0.25) is 0 Å². The zero-order valence-corrected chi connectivity index (χ0v) is 10.8. The van der Waals surface area contributed by atoms with E-state index in [2.05, 4.69) is 34.3 Å². The van der Waals surface area contributed by atoms with Crippen LogP contribution in [0.5, 0.6) is 0 Å². The molecule has 0 aromatic carbocycles. The van der Waals surface area contributed by atoms with E-state index in [9.17, 15) is 0 Å². The number of aromatic nitrogens is 3. The molecule has 1 aromatic heterocycles. The van der Waals surface area contributed by atoms with Crippen molar-refractivity contribution in [3.05, 3.63) is 12.2 Å². The lowest BCUT2D eigenvalue weighted by atomic mass is 10.1. The van der Waals surface area contributed by atoms with E-state index in [0.29, 0.717) is 0 Å². The number of hydrogen-bond donors (Lipinski definition) is 1. The van der Waals surface area contributed by atoms with Crippen LogP contribution >= 0.6 is 0 Å². The van der Waals surface area contributed by atoms with Crippen LogP contribution in [0.15, 0.2) is 6.33 Å². The molecule has 2 unspecified atom stereocenters. The highest BCUT2D eigenvalue weighted by Crippen LogP contribution is 2.19. The first-order valence-corrected chi connectivity index (χ1v) is 6.11. The fourth-order valence-electron chi connectivity index (χ4n) is 2.25. The number of likely N-dealkylation sites (N-methyl/N-ethyl adjacent to an activating group) is 2. The number of rotatable bonds is 4. The Labute approximate surface area is 102 Å². The first-order valence-electron chi connectivity index (χ1n) is 6.11. The summed E-state index contributed by atoms with van der Waals surface area (Å²) < 4.78 is 7.76. The summed E-state index contributed by atoms with van der Waals surface area (Å²) in [4.78, 5) is 6.63.